The van der Waals surface area contributed by atoms with E-state index in [4.69, 9.17) is 12.2 Å². The monoisotopic (exact) mass is 336 g/mol. The number of rotatable bonds is 2. The van der Waals surface area contributed by atoms with Gasteiger partial charge in [0.15, 0.2) is 5.11 Å². The number of benzene rings is 2. The van der Waals surface area contributed by atoms with E-state index < -0.39 is 11.8 Å². The average Bonchev–Trinajstić information content (AvgIpc) is 2.54. The summed E-state index contributed by atoms with van der Waals surface area (Å²) in [4.78, 5) is 26.5. The summed E-state index contributed by atoms with van der Waals surface area (Å²) >= 11 is 5.19. The number of amides is 2. The number of hydrogen-bond acceptors (Lipinski definition) is 3. The molecule has 1 aliphatic rings. The molecular weight excluding hydrogens is 320 g/mol. The van der Waals surface area contributed by atoms with Crippen molar-refractivity contribution in [3.63, 3.8) is 0 Å². The van der Waals surface area contributed by atoms with Crippen molar-refractivity contribution in [2.75, 3.05) is 4.90 Å². The molecule has 5 heteroatoms. The average molecular weight is 336 g/mol. The maximum absolute atomic E-state index is 12.9. The van der Waals surface area contributed by atoms with Gasteiger partial charge in [0.25, 0.3) is 11.8 Å². The molecule has 24 heavy (non-hydrogen) atoms. The molecular formula is C19H16N2O2S. The summed E-state index contributed by atoms with van der Waals surface area (Å²) in [5.74, 6) is -0.896. The van der Waals surface area contributed by atoms with E-state index >= 15 is 0 Å². The van der Waals surface area contributed by atoms with Gasteiger partial charge in [-0.15, -0.1) is 0 Å². The van der Waals surface area contributed by atoms with Crippen molar-refractivity contribution in [3.05, 3.63) is 70.8 Å². The van der Waals surface area contributed by atoms with Gasteiger partial charge in [-0.3, -0.25) is 19.8 Å². The molecule has 0 spiro atoms. The fourth-order valence-electron chi connectivity index (χ4n) is 2.49. The summed E-state index contributed by atoms with van der Waals surface area (Å²) in [6.45, 7) is 3.89. The smallest absolute Gasteiger partial charge is 0.270 e. The minimum atomic E-state index is -0.475. The van der Waals surface area contributed by atoms with Crippen molar-refractivity contribution in [3.8, 4) is 0 Å². The van der Waals surface area contributed by atoms with Crippen LogP contribution in [0.1, 0.15) is 16.7 Å². The zero-order valence-electron chi connectivity index (χ0n) is 13.4. The van der Waals surface area contributed by atoms with Crippen LogP contribution >= 0.6 is 12.2 Å². The van der Waals surface area contributed by atoms with E-state index in [-0.39, 0.29) is 10.7 Å². The minimum absolute atomic E-state index is 0.0680. The third-order valence-corrected chi connectivity index (χ3v) is 4.17. The first kappa shape index (κ1) is 16.1. The lowest BCUT2D eigenvalue weighted by Gasteiger charge is -2.29. The standard InChI is InChI=1S/C19H16N2O2S/c1-12-7-9-15(10-8-12)21-18(23)16(17(22)20-19(21)24)11-14-6-4-3-5-13(14)2/h3-11H,1-2H3,(H,20,22,24). The van der Waals surface area contributed by atoms with Gasteiger partial charge in [0.05, 0.1) is 5.69 Å². The highest BCUT2D eigenvalue weighted by Crippen LogP contribution is 2.23. The van der Waals surface area contributed by atoms with Crippen molar-refractivity contribution in [1.29, 1.82) is 0 Å². The Morgan fingerprint density at radius 2 is 1.67 bits per heavy atom. The fraction of sp³-hybridized carbons (Fsp3) is 0.105. The summed E-state index contributed by atoms with van der Waals surface area (Å²) in [5, 5.41) is 2.69. The first-order chi connectivity index (χ1) is 11.5. The zero-order valence-corrected chi connectivity index (χ0v) is 14.2. The summed E-state index contributed by atoms with van der Waals surface area (Å²) in [6, 6.07) is 15.0. The number of aryl methyl sites for hydroxylation is 2. The Labute approximate surface area is 145 Å². The molecule has 1 saturated heterocycles. The van der Waals surface area contributed by atoms with Gasteiger partial charge < -0.3 is 0 Å². The van der Waals surface area contributed by atoms with Crippen LogP contribution in [0.3, 0.4) is 0 Å². The van der Waals surface area contributed by atoms with Crippen LogP contribution in [0, 0.1) is 13.8 Å². The van der Waals surface area contributed by atoms with Gasteiger partial charge in [-0.1, -0.05) is 42.0 Å². The van der Waals surface area contributed by atoms with Crippen molar-refractivity contribution < 1.29 is 9.59 Å². The molecule has 2 aromatic carbocycles. The van der Waals surface area contributed by atoms with Crippen LogP contribution in [-0.2, 0) is 9.59 Å². The molecule has 1 fully saturated rings. The SMILES string of the molecule is Cc1ccc(N2C(=O)C(=Cc3ccccc3C)C(=O)NC2=S)cc1. The Bertz CT molecular complexity index is 869. The number of nitrogens with one attached hydrogen (secondary N) is 1. The van der Waals surface area contributed by atoms with Gasteiger partial charge >= 0.3 is 0 Å². The Balaban J connectivity index is 2.03. The predicted molar refractivity (Wildman–Crippen MR) is 98.6 cm³/mol. The highest BCUT2D eigenvalue weighted by Gasteiger charge is 2.34. The zero-order chi connectivity index (χ0) is 17.3. The van der Waals surface area contributed by atoms with Crippen LogP contribution in [0.25, 0.3) is 6.08 Å². The maximum Gasteiger partial charge on any atom is 0.270 e. The highest BCUT2D eigenvalue weighted by molar-refractivity contribution is 7.80. The van der Waals surface area contributed by atoms with Gasteiger partial charge in [-0.25, -0.2) is 0 Å². The molecule has 0 aliphatic carbocycles. The largest absolute Gasteiger partial charge is 0.298 e. The molecule has 1 heterocycles. The predicted octanol–water partition coefficient (Wildman–Crippen LogP) is 3.13. The van der Waals surface area contributed by atoms with E-state index in [9.17, 15) is 9.59 Å². The molecule has 0 unspecified atom stereocenters. The summed E-state index contributed by atoms with van der Waals surface area (Å²) in [7, 11) is 0. The normalized spacial score (nSPS) is 16.5. The van der Waals surface area contributed by atoms with Crippen LogP contribution in [0.2, 0.25) is 0 Å². The molecule has 2 aromatic rings. The minimum Gasteiger partial charge on any atom is -0.298 e. The molecule has 0 saturated carbocycles. The van der Waals surface area contributed by atoms with Gasteiger partial charge in [0.1, 0.15) is 5.57 Å². The number of anilines is 1. The lowest BCUT2D eigenvalue weighted by Crippen LogP contribution is -2.54. The molecule has 1 aliphatic heterocycles. The number of carbonyl (C=O) groups excluding carboxylic acids is 2. The van der Waals surface area contributed by atoms with Gasteiger partial charge in [-0.05, 0) is 55.4 Å². The number of thiocarbonyl (C=S) groups is 1. The van der Waals surface area contributed by atoms with E-state index in [0.29, 0.717) is 5.69 Å². The lowest BCUT2D eigenvalue weighted by molar-refractivity contribution is -0.122. The van der Waals surface area contributed by atoms with E-state index in [1.54, 1.807) is 6.08 Å². The highest BCUT2D eigenvalue weighted by atomic mass is 32.1. The molecule has 3 rings (SSSR count). The molecule has 0 atom stereocenters. The first-order valence-electron chi connectivity index (χ1n) is 7.51. The summed E-state index contributed by atoms with van der Waals surface area (Å²) < 4.78 is 0. The Kier molecular flexibility index (Phi) is 4.27. The van der Waals surface area contributed by atoms with Crippen LogP contribution < -0.4 is 10.2 Å². The maximum atomic E-state index is 12.9. The summed E-state index contributed by atoms with van der Waals surface area (Å²) in [6.07, 6.45) is 1.61. The topological polar surface area (TPSA) is 49.4 Å². The third kappa shape index (κ3) is 2.98. The van der Waals surface area contributed by atoms with Crippen molar-refractivity contribution in [2.45, 2.75) is 13.8 Å². The van der Waals surface area contributed by atoms with Crippen molar-refractivity contribution >= 4 is 40.9 Å². The molecule has 0 bridgehead atoms. The molecule has 1 N–H and O–H groups in total. The molecule has 120 valence electrons. The second-order valence-corrected chi connectivity index (χ2v) is 6.04. The lowest BCUT2D eigenvalue weighted by atomic mass is 10.0. The van der Waals surface area contributed by atoms with E-state index in [0.717, 1.165) is 16.7 Å². The molecule has 0 radical (unpaired) electrons. The fourth-order valence-corrected chi connectivity index (χ4v) is 2.77. The number of hydrogen-bond donors (Lipinski definition) is 1. The number of nitrogens with zero attached hydrogens (tertiary/aromatic N) is 1. The number of carbonyl (C=O) groups is 2. The third-order valence-electron chi connectivity index (χ3n) is 3.88. The second kappa shape index (κ2) is 6.37. The van der Waals surface area contributed by atoms with E-state index in [1.807, 2.05) is 62.4 Å². The molecule has 0 aromatic heterocycles. The van der Waals surface area contributed by atoms with Crippen LogP contribution in [0.15, 0.2) is 54.1 Å². The Morgan fingerprint density at radius 1 is 1.00 bits per heavy atom. The van der Waals surface area contributed by atoms with E-state index in [2.05, 4.69) is 5.32 Å². The van der Waals surface area contributed by atoms with Gasteiger partial charge in [0, 0.05) is 0 Å². The van der Waals surface area contributed by atoms with Crippen LogP contribution in [0.4, 0.5) is 5.69 Å². The molecule has 2 amide bonds. The second-order valence-electron chi connectivity index (χ2n) is 5.65. The van der Waals surface area contributed by atoms with Crippen LogP contribution in [-0.4, -0.2) is 16.9 Å². The Morgan fingerprint density at radius 3 is 2.33 bits per heavy atom. The van der Waals surface area contributed by atoms with Crippen LogP contribution in [0.5, 0.6) is 0 Å². The van der Waals surface area contributed by atoms with E-state index in [1.165, 1.54) is 4.90 Å². The van der Waals surface area contributed by atoms with Crippen molar-refractivity contribution in [2.24, 2.45) is 0 Å². The van der Waals surface area contributed by atoms with Crippen molar-refractivity contribution in [1.82, 2.24) is 5.32 Å². The van der Waals surface area contributed by atoms with Gasteiger partial charge in [-0.2, -0.15) is 0 Å². The molecule has 4 nitrogen and oxygen atoms in total. The quantitative estimate of drug-likeness (QED) is 0.521. The van der Waals surface area contributed by atoms with Gasteiger partial charge in [0.2, 0.25) is 0 Å². The first-order valence-corrected chi connectivity index (χ1v) is 7.92. The summed E-state index contributed by atoms with van der Waals surface area (Å²) in [5.41, 5.74) is 3.59. The Hall–Kier alpha value is -2.79.